The molecule has 2 fully saturated rings. The molecule has 1 spiro atoms. The summed E-state index contributed by atoms with van der Waals surface area (Å²) in [4.78, 5) is 17.8. The Bertz CT molecular complexity index is 900. The predicted octanol–water partition coefficient (Wildman–Crippen LogP) is 1.62. The van der Waals surface area contributed by atoms with Crippen molar-refractivity contribution >= 4 is 5.91 Å². The number of likely N-dealkylation sites (N-methyl/N-ethyl adjacent to an activating group) is 1. The third-order valence-corrected chi connectivity index (χ3v) is 7.21. The van der Waals surface area contributed by atoms with E-state index >= 15 is 0 Å². The number of ether oxygens (including phenoxy) is 1. The van der Waals surface area contributed by atoms with Crippen LogP contribution in [0.4, 0.5) is 0 Å². The Labute approximate surface area is 183 Å². The van der Waals surface area contributed by atoms with Crippen LogP contribution in [0.15, 0.2) is 30.3 Å². The molecule has 1 atom stereocenters. The first-order valence-electron chi connectivity index (χ1n) is 11.5. The van der Waals surface area contributed by atoms with Gasteiger partial charge < -0.3 is 14.6 Å². The highest BCUT2D eigenvalue weighted by molar-refractivity contribution is 5.90. The first-order chi connectivity index (χ1) is 15.2. The van der Waals surface area contributed by atoms with Crippen LogP contribution in [-0.2, 0) is 23.4 Å². The van der Waals surface area contributed by atoms with Crippen LogP contribution in [0.1, 0.15) is 47.7 Å². The number of benzene rings is 1. The van der Waals surface area contributed by atoms with Gasteiger partial charge in [0.2, 0.25) is 5.82 Å². The van der Waals surface area contributed by atoms with Crippen LogP contribution in [0.2, 0.25) is 0 Å². The molecule has 3 aliphatic rings. The molecule has 1 N–H and O–H groups in total. The van der Waals surface area contributed by atoms with E-state index in [1.54, 1.807) is 0 Å². The second-order valence-electron chi connectivity index (χ2n) is 9.06. The molecular weight excluding hydrogens is 392 g/mol. The third kappa shape index (κ3) is 4.00. The number of aromatic nitrogens is 3. The minimum absolute atomic E-state index is 0.124. The molecule has 1 aromatic carbocycles. The molecule has 8 nitrogen and oxygen atoms in total. The summed E-state index contributed by atoms with van der Waals surface area (Å²) >= 11 is 0. The molecule has 0 saturated carbocycles. The fourth-order valence-corrected chi connectivity index (χ4v) is 5.28. The standard InChI is InChI=1S/C23H32N6O2/c1-27-13-14-29-20(21(30)24-16-19-8-5-15-31-19)25-26-22(29)23(27)9-11-28(12-10-23)17-18-6-3-2-4-7-18/h2-4,6-7,19H,5,8-17H2,1H3,(H,24,30)/t19-/m1/s1. The van der Waals surface area contributed by atoms with Crippen molar-refractivity contribution in [2.75, 3.05) is 39.8 Å². The van der Waals surface area contributed by atoms with Crippen molar-refractivity contribution in [1.82, 2.24) is 29.9 Å². The quantitative estimate of drug-likeness (QED) is 0.786. The summed E-state index contributed by atoms with van der Waals surface area (Å²) in [7, 11) is 2.18. The van der Waals surface area contributed by atoms with Crippen molar-refractivity contribution in [2.45, 2.75) is 50.4 Å². The maximum atomic E-state index is 12.8. The highest BCUT2D eigenvalue weighted by atomic mass is 16.5. The van der Waals surface area contributed by atoms with E-state index < -0.39 is 0 Å². The summed E-state index contributed by atoms with van der Waals surface area (Å²) in [6.07, 6.45) is 4.18. The number of carbonyl (C=O) groups excluding carboxylic acids is 1. The lowest BCUT2D eigenvalue weighted by Gasteiger charge is -2.49. The van der Waals surface area contributed by atoms with Gasteiger partial charge in [0.15, 0.2) is 5.82 Å². The van der Waals surface area contributed by atoms with E-state index in [1.807, 2.05) is 0 Å². The van der Waals surface area contributed by atoms with E-state index in [2.05, 4.69) is 67.3 Å². The van der Waals surface area contributed by atoms with Crippen LogP contribution in [0.3, 0.4) is 0 Å². The summed E-state index contributed by atoms with van der Waals surface area (Å²) in [5.74, 6) is 1.24. The second-order valence-corrected chi connectivity index (χ2v) is 9.06. The Hall–Kier alpha value is -2.29. The molecule has 5 rings (SSSR count). The average Bonchev–Trinajstić information content (AvgIpc) is 3.47. The van der Waals surface area contributed by atoms with E-state index in [0.717, 1.165) is 70.8 Å². The van der Waals surface area contributed by atoms with Gasteiger partial charge in [-0.25, -0.2) is 0 Å². The zero-order valence-corrected chi connectivity index (χ0v) is 18.3. The molecule has 0 aliphatic carbocycles. The van der Waals surface area contributed by atoms with Crippen LogP contribution in [-0.4, -0.2) is 76.4 Å². The summed E-state index contributed by atoms with van der Waals surface area (Å²) in [6.45, 7) is 5.97. The molecule has 1 aromatic heterocycles. The van der Waals surface area contributed by atoms with Crippen molar-refractivity contribution in [3.8, 4) is 0 Å². The lowest BCUT2D eigenvalue weighted by molar-refractivity contribution is 0.00612. The predicted molar refractivity (Wildman–Crippen MR) is 117 cm³/mol. The Balaban J connectivity index is 1.28. The molecule has 31 heavy (non-hydrogen) atoms. The molecule has 4 heterocycles. The molecule has 166 valence electrons. The van der Waals surface area contributed by atoms with Crippen molar-refractivity contribution in [2.24, 2.45) is 0 Å². The Morgan fingerprint density at radius 2 is 1.97 bits per heavy atom. The maximum absolute atomic E-state index is 12.8. The highest BCUT2D eigenvalue weighted by Crippen LogP contribution is 2.40. The Kier molecular flexibility index (Phi) is 5.77. The number of nitrogens with zero attached hydrogens (tertiary/aromatic N) is 5. The molecule has 0 bridgehead atoms. The monoisotopic (exact) mass is 424 g/mol. The number of nitrogens with one attached hydrogen (secondary N) is 1. The molecule has 2 aromatic rings. The molecule has 1 amide bonds. The van der Waals surface area contributed by atoms with Crippen molar-refractivity contribution in [3.05, 3.63) is 47.5 Å². The summed E-state index contributed by atoms with van der Waals surface area (Å²) in [5.41, 5.74) is 1.20. The van der Waals surface area contributed by atoms with Gasteiger partial charge in [-0.15, -0.1) is 10.2 Å². The van der Waals surface area contributed by atoms with Gasteiger partial charge in [0, 0.05) is 45.9 Å². The normalized spacial score (nSPS) is 23.7. The first-order valence-corrected chi connectivity index (χ1v) is 11.5. The summed E-state index contributed by atoms with van der Waals surface area (Å²) in [5, 5.41) is 11.9. The highest BCUT2D eigenvalue weighted by Gasteiger charge is 2.46. The Morgan fingerprint density at radius 1 is 1.16 bits per heavy atom. The molecule has 0 radical (unpaired) electrons. The second kappa shape index (κ2) is 8.68. The average molecular weight is 425 g/mol. The first kappa shape index (κ1) is 20.6. The van der Waals surface area contributed by atoms with Gasteiger partial charge in [0.25, 0.3) is 5.91 Å². The largest absolute Gasteiger partial charge is 0.376 e. The van der Waals surface area contributed by atoms with Crippen LogP contribution < -0.4 is 5.32 Å². The van der Waals surface area contributed by atoms with E-state index in [0.29, 0.717) is 12.4 Å². The minimum Gasteiger partial charge on any atom is -0.376 e. The summed E-state index contributed by atoms with van der Waals surface area (Å²) in [6, 6.07) is 10.6. The Morgan fingerprint density at radius 3 is 2.71 bits per heavy atom. The lowest BCUT2D eigenvalue weighted by atomic mass is 9.83. The van der Waals surface area contributed by atoms with Crippen molar-refractivity contribution in [3.63, 3.8) is 0 Å². The van der Waals surface area contributed by atoms with Gasteiger partial charge in [-0.2, -0.15) is 0 Å². The number of fused-ring (bicyclic) bond motifs is 2. The minimum atomic E-state index is -0.147. The maximum Gasteiger partial charge on any atom is 0.289 e. The van der Waals surface area contributed by atoms with Gasteiger partial charge in [-0.3, -0.25) is 14.6 Å². The number of likely N-dealkylation sites (tertiary alicyclic amines) is 1. The van der Waals surface area contributed by atoms with Gasteiger partial charge in [-0.05, 0) is 38.3 Å². The molecule has 0 unspecified atom stereocenters. The molecule has 2 saturated heterocycles. The SMILES string of the molecule is CN1CCn2c(C(=O)NC[C@H]3CCCO3)nnc2C12CCN(Cc1ccccc1)CC2. The number of amides is 1. The van der Waals surface area contributed by atoms with E-state index in [-0.39, 0.29) is 17.6 Å². The van der Waals surface area contributed by atoms with E-state index in [9.17, 15) is 4.79 Å². The molecular formula is C23H32N6O2. The third-order valence-electron chi connectivity index (χ3n) is 7.21. The van der Waals surface area contributed by atoms with Gasteiger partial charge >= 0.3 is 0 Å². The number of hydrogen-bond donors (Lipinski definition) is 1. The van der Waals surface area contributed by atoms with E-state index in [1.165, 1.54) is 5.56 Å². The smallest absolute Gasteiger partial charge is 0.289 e. The van der Waals surface area contributed by atoms with Crippen molar-refractivity contribution in [1.29, 1.82) is 0 Å². The lowest BCUT2D eigenvalue weighted by Crippen LogP contribution is -2.56. The molecule has 3 aliphatic heterocycles. The van der Waals surface area contributed by atoms with Gasteiger partial charge in [0.05, 0.1) is 11.6 Å². The zero-order chi connectivity index (χ0) is 21.3. The van der Waals surface area contributed by atoms with Gasteiger partial charge in [0.1, 0.15) is 0 Å². The topological polar surface area (TPSA) is 75.5 Å². The fourth-order valence-electron chi connectivity index (χ4n) is 5.28. The van der Waals surface area contributed by atoms with Crippen LogP contribution in [0.5, 0.6) is 0 Å². The van der Waals surface area contributed by atoms with Gasteiger partial charge in [-0.1, -0.05) is 30.3 Å². The fraction of sp³-hybridized carbons (Fsp3) is 0.609. The number of rotatable bonds is 5. The van der Waals surface area contributed by atoms with Crippen LogP contribution in [0.25, 0.3) is 0 Å². The molecule has 8 heteroatoms. The number of hydrogen-bond acceptors (Lipinski definition) is 6. The van der Waals surface area contributed by atoms with Crippen molar-refractivity contribution < 1.29 is 9.53 Å². The summed E-state index contributed by atoms with van der Waals surface area (Å²) < 4.78 is 7.67. The number of carbonyl (C=O) groups is 1. The van der Waals surface area contributed by atoms with E-state index in [4.69, 9.17) is 4.74 Å². The van der Waals surface area contributed by atoms with Crippen LogP contribution in [0, 0.1) is 0 Å². The number of piperidine rings is 1. The van der Waals surface area contributed by atoms with Crippen LogP contribution >= 0.6 is 0 Å². The zero-order valence-electron chi connectivity index (χ0n) is 18.3.